The molecule has 2 atom stereocenters. The van der Waals surface area contributed by atoms with Gasteiger partial charge in [0, 0.05) is 0 Å². The quantitative estimate of drug-likeness (QED) is 0.626. The van der Waals surface area contributed by atoms with E-state index in [2.05, 4.69) is 44.5 Å². The van der Waals surface area contributed by atoms with Gasteiger partial charge >= 0.3 is 0 Å². The molecule has 5 heteroatoms. The smallest absolute Gasteiger partial charge is 0.192 e. The second kappa shape index (κ2) is 6.53. The van der Waals surface area contributed by atoms with E-state index in [4.69, 9.17) is 10.8 Å². The van der Waals surface area contributed by atoms with Crippen LogP contribution in [0, 0.1) is 12.3 Å². The number of hydrogen-bond acceptors (Lipinski definition) is 2. The number of hydrogen-bond donors (Lipinski definition) is 1. The zero-order chi connectivity index (χ0) is 15.5. The lowest BCUT2D eigenvalue weighted by Gasteiger charge is -2.37. The van der Waals surface area contributed by atoms with Crippen molar-refractivity contribution in [3.8, 4) is 12.3 Å². The SMILES string of the molecule is C#C[C@@H](CO[Si](C)(C)C(C)(C)C)NS(=O)C(C)(C)C. The van der Waals surface area contributed by atoms with Gasteiger partial charge in [-0.25, -0.2) is 8.93 Å². The molecule has 0 heterocycles. The van der Waals surface area contributed by atoms with Gasteiger partial charge in [0.1, 0.15) is 6.04 Å². The summed E-state index contributed by atoms with van der Waals surface area (Å²) in [4.78, 5) is 0. The second-order valence-corrected chi connectivity index (χ2v) is 14.1. The molecule has 0 aromatic carbocycles. The van der Waals surface area contributed by atoms with Crippen LogP contribution >= 0.6 is 0 Å². The molecule has 0 aliphatic heterocycles. The standard InChI is InChI=1S/C14H29NO2SSi/c1-10-12(15-18(16)13(2,3)4)11-17-19(8,9)14(5,6)7/h1,12,15H,11H2,2-9H3/t12-,18?/m0/s1. The highest BCUT2D eigenvalue weighted by molar-refractivity contribution is 7.84. The normalized spacial score (nSPS) is 16.8. The van der Waals surface area contributed by atoms with Crippen molar-refractivity contribution in [1.82, 2.24) is 4.72 Å². The Kier molecular flexibility index (Phi) is 6.48. The first-order valence-electron chi connectivity index (χ1n) is 6.59. The summed E-state index contributed by atoms with van der Waals surface area (Å²) in [7, 11) is -2.99. The molecule has 3 nitrogen and oxygen atoms in total. The van der Waals surface area contributed by atoms with E-state index in [0.717, 1.165) is 0 Å². The van der Waals surface area contributed by atoms with Gasteiger partial charge in [-0.1, -0.05) is 26.7 Å². The Bertz CT molecular complexity index is 361. The molecular weight excluding hydrogens is 274 g/mol. The minimum absolute atomic E-state index is 0.148. The Labute approximate surface area is 122 Å². The fraction of sp³-hybridized carbons (Fsp3) is 0.857. The molecule has 0 bridgehead atoms. The third-order valence-electron chi connectivity index (χ3n) is 3.42. The fourth-order valence-electron chi connectivity index (χ4n) is 0.930. The molecule has 0 rings (SSSR count). The highest BCUT2D eigenvalue weighted by atomic mass is 32.2. The zero-order valence-corrected chi connectivity index (χ0v) is 15.4. The first-order valence-corrected chi connectivity index (χ1v) is 10.7. The van der Waals surface area contributed by atoms with Crippen molar-refractivity contribution in [1.29, 1.82) is 0 Å². The van der Waals surface area contributed by atoms with Crippen molar-refractivity contribution in [2.24, 2.45) is 0 Å². The molecule has 1 unspecified atom stereocenters. The molecular formula is C14H29NO2SSi. The summed E-state index contributed by atoms with van der Waals surface area (Å²) in [6, 6.07) is -0.311. The minimum Gasteiger partial charge on any atom is -0.414 e. The molecule has 112 valence electrons. The Hall–Kier alpha value is -0.153. The molecule has 0 fully saturated rings. The lowest BCUT2D eigenvalue weighted by Crippen LogP contribution is -2.46. The van der Waals surface area contributed by atoms with Gasteiger partial charge in [-0.05, 0) is 38.9 Å². The van der Waals surface area contributed by atoms with E-state index in [1.54, 1.807) is 0 Å². The van der Waals surface area contributed by atoms with Gasteiger partial charge in [0.2, 0.25) is 0 Å². The van der Waals surface area contributed by atoms with E-state index in [9.17, 15) is 4.21 Å². The molecule has 0 aliphatic carbocycles. The van der Waals surface area contributed by atoms with E-state index in [0.29, 0.717) is 6.61 Å². The van der Waals surface area contributed by atoms with Crippen LogP contribution in [0.3, 0.4) is 0 Å². The average molecular weight is 304 g/mol. The Morgan fingerprint density at radius 3 is 2.05 bits per heavy atom. The molecule has 0 aromatic rings. The molecule has 0 radical (unpaired) electrons. The maximum atomic E-state index is 12.0. The number of terminal acetylenes is 1. The van der Waals surface area contributed by atoms with Crippen LogP contribution in [0.15, 0.2) is 0 Å². The predicted molar refractivity (Wildman–Crippen MR) is 86.8 cm³/mol. The lowest BCUT2D eigenvalue weighted by molar-refractivity contribution is 0.276. The predicted octanol–water partition coefficient (Wildman–Crippen LogP) is 3.06. The fourth-order valence-corrected chi connectivity index (χ4v) is 2.69. The summed E-state index contributed by atoms with van der Waals surface area (Å²) < 4.78 is 20.7. The van der Waals surface area contributed by atoms with E-state index < -0.39 is 19.3 Å². The third kappa shape index (κ3) is 6.22. The number of nitrogens with one attached hydrogen (secondary N) is 1. The van der Waals surface area contributed by atoms with Crippen LogP contribution in [0.4, 0.5) is 0 Å². The van der Waals surface area contributed by atoms with Crippen LogP contribution in [0.1, 0.15) is 41.5 Å². The van der Waals surface area contributed by atoms with Crippen LogP contribution in [-0.4, -0.2) is 29.9 Å². The van der Waals surface area contributed by atoms with E-state index in [-0.39, 0.29) is 15.8 Å². The molecule has 1 N–H and O–H groups in total. The van der Waals surface area contributed by atoms with Gasteiger partial charge in [-0.2, -0.15) is 0 Å². The first kappa shape index (κ1) is 18.8. The summed E-state index contributed by atoms with van der Waals surface area (Å²) in [6.45, 7) is 17.1. The van der Waals surface area contributed by atoms with Crippen molar-refractivity contribution in [2.45, 2.75) is 70.5 Å². The molecule has 0 saturated heterocycles. The summed E-state index contributed by atoms with van der Waals surface area (Å²) >= 11 is 0. The van der Waals surface area contributed by atoms with Crippen LogP contribution in [-0.2, 0) is 15.4 Å². The maximum Gasteiger partial charge on any atom is 0.192 e. The van der Waals surface area contributed by atoms with Crippen molar-refractivity contribution in [3.05, 3.63) is 0 Å². The Morgan fingerprint density at radius 2 is 1.74 bits per heavy atom. The van der Waals surface area contributed by atoms with Crippen molar-refractivity contribution < 1.29 is 8.63 Å². The van der Waals surface area contributed by atoms with Gasteiger partial charge in [-0.3, -0.25) is 0 Å². The summed E-state index contributed by atoms with van der Waals surface area (Å²) in [6.07, 6.45) is 5.49. The Morgan fingerprint density at radius 1 is 1.26 bits per heavy atom. The van der Waals surface area contributed by atoms with Gasteiger partial charge in [-0.15, -0.1) is 6.42 Å². The molecule has 0 aliphatic rings. The molecule has 0 aromatic heterocycles. The summed E-state index contributed by atoms with van der Waals surface area (Å²) in [5, 5.41) is 0.148. The van der Waals surface area contributed by atoms with Gasteiger partial charge in [0.05, 0.1) is 22.3 Å². The van der Waals surface area contributed by atoms with Gasteiger partial charge in [0.25, 0.3) is 0 Å². The topological polar surface area (TPSA) is 38.3 Å². The highest BCUT2D eigenvalue weighted by Gasteiger charge is 2.37. The average Bonchev–Trinajstić information content (AvgIpc) is 2.20. The molecule has 19 heavy (non-hydrogen) atoms. The van der Waals surface area contributed by atoms with Gasteiger partial charge in [0.15, 0.2) is 8.32 Å². The van der Waals surface area contributed by atoms with Crippen LogP contribution < -0.4 is 4.72 Å². The highest BCUT2D eigenvalue weighted by Crippen LogP contribution is 2.36. The largest absolute Gasteiger partial charge is 0.414 e. The van der Waals surface area contributed by atoms with Crippen molar-refractivity contribution >= 4 is 19.3 Å². The number of rotatable bonds is 5. The summed E-state index contributed by atoms with van der Waals surface area (Å²) in [5.74, 6) is 2.62. The molecule has 0 spiro atoms. The lowest BCUT2D eigenvalue weighted by atomic mass is 10.2. The third-order valence-corrected chi connectivity index (χ3v) is 9.54. The van der Waals surface area contributed by atoms with E-state index in [1.807, 2.05) is 20.8 Å². The first-order chi connectivity index (χ1) is 8.31. The van der Waals surface area contributed by atoms with Crippen molar-refractivity contribution in [3.63, 3.8) is 0 Å². The van der Waals surface area contributed by atoms with Gasteiger partial charge < -0.3 is 4.43 Å². The zero-order valence-electron chi connectivity index (χ0n) is 13.6. The molecule has 0 saturated carbocycles. The Balaban J connectivity index is 4.55. The maximum absolute atomic E-state index is 12.0. The van der Waals surface area contributed by atoms with Crippen LogP contribution in [0.2, 0.25) is 18.1 Å². The minimum atomic E-state index is -1.82. The van der Waals surface area contributed by atoms with E-state index in [1.165, 1.54) is 0 Å². The van der Waals surface area contributed by atoms with Crippen molar-refractivity contribution in [2.75, 3.05) is 6.61 Å². The summed E-state index contributed by atoms with van der Waals surface area (Å²) in [5.41, 5.74) is 0. The van der Waals surface area contributed by atoms with E-state index >= 15 is 0 Å². The van der Waals surface area contributed by atoms with Crippen LogP contribution in [0.25, 0.3) is 0 Å². The monoisotopic (exact) mass is 303 g/mol. The second-order valence-electron chi connectivity index (χ2n) is 7.29. The van der Waals surface area contributed by atoms with Crippen LogP contribution in [0.5, 0.6) is 0 Å². The molecule has 0 amide bonds.